The Bertz CT molecular complexity index is 434. The van der Waals surface area contributed by atoms with Crippen LogP contribution in [0, 0.1) is 5.92 Å². The molecule has 1 amide bonds. The fraction of sp³-hybridized carbons (Fsp3) is 0.750. The van der Waals surface area contributed by atoms with Gasteiger partial charge in [-0.3, -0.25) is 4.79 Å². The van der Waals surface area contributed by atoms with E-state index in [1.165, 1.54) is 32.1 Å². The van der Waals surface area contributed by atoms with Gasteiger partial charge < -0.3 is 9.80 Å². The zero-order chi connectivity index (χ0) is 14.5. The molecule has 1 saturated carbocycles. The second-order valence-electron chi connectivity index (χ2n) is 6.23. The SMILES string of the molecule is O=C(CCC1CCCCC1)N1CCN(c2nccs2)CC1. The van der Waals surface area contributed by atoms with Crippen molar-refractivity contribution in [2.45, 2.75) is 44.9 Å². The molecule has 1 aliphatic carbocycles. The molecule has 5 heteroatoms. The molecule has 0 aromatic carbocycles. The first-order chi connectivity index (χ1) is 10.3. The van der Waals surface area contributed by atoms with E-state index in [1.54, 1.807) is 11.3 Å². The van der Waals surface area contributed by atoms with Crippen molar-refractivity contribution in [3.05, 3.63) is 11.6 Å². The summed E-state index contributed by atoms with van der Waals surface area (Å²) in [7, 11) is 0. The zero-order valence-corrected chi connectivity index (χ0v) is 13.5. The van der Waals surface area contributed by atoms with Crippen molar-refractivity contribution in [1.29, 1.82) is 0 Å². The van der Waals surface area contributed by atoms with Crippen LogP contribution in [0.15, 0.2) is 11.6 Å². The quantitative estimate of drug-likeness (QED) is 0.857. The number of piperazine rings is 1. The summed E-state index contributed by atoms with van der Waals surface area (Å²) in [4.78, 5) is 21.0. The summed E-state index contributed by atoms with van der Waals surface area (Å²) in [5.74, 6) is 1.17. The van der Waals surface area contributed by atoms with E-state index in [0.717, 1.165) is 50.1 Å². The molecule has 3 rings (SSSR count). The van der Waals surface area contributed by atoms with Gasteiger partial charge in [-0.1, -0.05) is 32.1 Å². The summed E-state index contributed by atoms with van der Waals surface area (Å²) in [6.45, 7) is 3.54. The Morgan fingerprint density at radius 2 is 1.95 bits per heavy atom. The third-order valence-corrected chi connectivity index (χ3v) is 5.65. The van der Waals surface area contributed by atoms with Crippen LogP contribution < -0.4 is 4.90 Å². The number of anilines is 1. The standard InChI is InChI=1S/C16H25N3OS/c20-15(7-6-14-4-2-1-3-5-14)18-9-11-19(12-10-18)16-17-8-13-21-16/h8,13-14H,1-7,9-12H2. The number of nitrogens with zero attached hydrogens (tertiary/aromatic N) is 3. The second kappa shape index (κ2) is 7.25. The normalized spacial score (nSPS) is 20.8. The molecule has 0 bridgehead atoms. The van der Waals surface area contributed by atoms with Crippen molar-refractivity contribution in [2.24, 2.45) is 5.92 Å². The van der Waals surface area contributed by atoms with Crippen molar-refractivity contribution in [1.82, 2.24) is 9.88 Å². The largest absolute Gasteiger partial charge is 0.345 e. The number of hydrogen-bond donors (Lipinski definition) is 0. The molecule has 1 aromatic rings. The molecule has 0 unspecified atom stereocenters. The minimum absolute atomic E-state index is 0.361. The highest BCUT2D eigenvalue weighted by molar-refractivity contribution is 7.13. The first kappa shape index (κ1) is 14.8. The average molecular weight is 307 g/mol. The van der Waals surface area contributed by atoms with E-state index in [2.05, 4.69) is 9.88 Å². The lowest BCUT2D eigenvalue weighted by Gasteiger charge is -2.35. The maximum absolute atomic E-state index is 12.3. The average Bonchev–Trinajstić information content (AvgIpc) is 3.08. The highest BCUT2D eigenvalue weighted by atomic mass is 32.1. The van der Waals surface area contributed by atoms with E-state index < -0.39 is 0 Å². The predicted octanol–water partition coefficient (Wildman–Crippen LogP) is 3.15. The lowest BCUT2D eigenvalue weighted by atomic mass is 9.86. The van der Waals surface area contributed by atoms with Crippen LogP contribution in [0.2, 0.25) is 0 Å². The smallest absolute Gasteiger partial charge is 0.222 e. The predicted molar refractivity (Wildman–Crippen MR) is 86.7 cm³/mol. The number of carbonyl (C=O) groups excluding carboxylic acids is 1. The molecule has 0 N–H and O–H groups in total. The van der Waals surface area contributed by atoms with Crippen LogP contribution in [0.3, 0.4) is 0 Å². The Hall–Kier alpha value is -1.10. The fourth-order valence-corrected chi connectivity index (χ4v) is 4.18. The Kier molecular flexibility index (Phi) is 5.12. The zero-order valence-electron chi connectivity index (χ0n) is 12.7. The van der Waals surface area contributed by atoms with E-state index >= 15 is 0 Å². The monoisotopic (exact) mass is 307 g/mol. The van der Waals surface area contributed by atoms with Crippen LogP contribution in [0.5, 0.6) is 0 Å². The number of carbonyl (C=O) groups is 1. The molecule has 0 radical (unpaired) electrons. The first-order valence-electron chi connectivity index (χ1n) is 8.25. The van der Waals surface area contributed by atoms with Gasteiger partial charge in [-0.2, -0.15) is 0 Å². The van der Waals surface area contributed by atoms with Gasteiger partial charge in [-0.15, -0.1) is 11.3 Å². The van der Waals surface area contributed by atoms with E-state index in [4.69, 9.17) is 0 Å². The lowest BCUT2D eigenvalue weighted by Crippen LogP contribution is -2.48. The summed E-state index contributed by atoms with van der Waals surface area (Å²) < 4.78 is 0. The minimum atomic E-state index is 0.361. The van der Waals surface area contributed by atoms with E-state index in [-0.39, 0.29) is 0 Å². The van der Waals surface area contributed by atoms with Gasteiger partial charge in [-0.25, -0.2) is 4.98 Å². The fourth-order valence-electron chi connectivity index (χ4n) is 3.48. The Morgan fingerprint density at radius 3 is 2.62 bits per heavy atom. The molecule has 0 atom stereocenters. The van der Waals surface area contributed by atoms with E-state index in [1.807, 2.05) is 16.5 Å². The molecular formula is C16H25N3OS. The van der Waals surface area contributed by atoms with Crippen LogP contribution in [-0.4, -0.2) is 42.0 Å². The van der Waals surface area contributed by atoms with Crippen LogP contribution in [0.1, 0.15) is 44.9 Å². The molecule has 1 saturated heterocycles. The third kappa shape index (κ3) is 3.96. The summed E-state index contributed by atoms with van der Waals surface area (Å²) in [5.41, 5.74) is 0. The number of rotatable bonds is 4. The minimum Gasteiger partial charge on any atom is -0.345 e. The molecule has 1 aliphatic heterocycles. The number of amides is 1. The maximum Gasteiger partial charge on any atom is 0.222 e. The molecule has 0 spiro atoms. The molecule has 21 heavy (non-hydrogen) atoms. The number of thiazole rings is 1. The summed E-state index contributed by atoms with van der Waals surface area (Å²) in [6, 6.07) is 0. The molecule has 4 nitrogen and oxygen atoms in total. The first-order valence-corrected chi connectivity index (χ1v) is 9.13. The van der Waals surface area contributed by atoms with Crippen molar-refractivity contribution < 1.29 is 4.79 Å². The van der Waals surface area contributed by atoms with Crippen molar-refractivity contribution in [2.75, 3.05) is 31.1 Å². The van der Waals surface area contributed by atoms with E-state index in [0.29, 0.717) is 5.91 Å². The van der Waals surface area contributed by atoms with Crippen LogP contribution in [0.4, 0.5) is 5.13 Å². The molecule has 2 fully saturated rings. The maximum atomic E-state index is 12.3. The Morgan fingerprint density at radius 1 is 1.19 bits per heavy atom. The van der Waals surface area contributed by atoms with Crippen LogP contribution in [-0.2, 0) is 4.79 Å². The highest BCUT2D eigenvalue weighted by Crippen LogP contribution is 2.27. The summed E-state index contributed by atoms with van der Waals surface area (Å²) >= 11 is 1.68. The van der Waals surface area contributed by atoms with Crippen molar-refractivity contribution in [3.63, 3.8) is 0 Å². The van der Waals surface area contributed by atoms with Crippen LogP contribution in [0.25, 0.3) is 0 Å². The Balaban J connectivity index is 1.40. The molecule has 116 valence electrons. The topological polar surface area (TPSA) is 36.4 Å². The lowest BCUT2D eigenvalue weighted by molar-refractivity contribution is -0.131. The van der Waals surface area contributed by atoms with Gasteiger partial charge in [0.1, 0.15) is 0 Å². The van der Waals surface area contributed by atoms with Gasteiger partial charge in [0.05, 0.1) is 0 Å². The van der Waals surface area contributed by atoms with Gasteiger partial charge in [0, 0.05) is 44.2 Å². The Labute approximate surface area is 131 Å². The van der Waals surface area contributed by atoms with Gasteiger partial charge in [-0.05, 0) is 12.3 Å². The summed E-state index contributed by atoms with van der Waals surface area (Å²) in [5, 5.41) is 3.10. The second-order valence-corrected chi connectivity index (χ2v) is 7.10. The van der Waals surface area contributed by atoms with Crippen molar-refractivity contribution in [3.8, 4) is 0 Å². The van der Waals surface area contributed by atoms with Crippen LogP contribution >= 0.6 is 11.3 Å². The van der Waals surface area contributed by atoms with Gasteiger partial charge in [0.25, 0.3) is 0 Å². The number of hydrogen-bond acceptors (Lipinski definition) is 4. The number of aromatic nitrogens is 1. The van der Waals surface area contributed by atoms with Gasteiger partial charge in [0.15, 0.2) is 5.13 Å². The third-order valence-electron chi connectivity index (χ3n) is 4.81. The molecular weight excluding hydrogens is 282 g/mol. The summed E-state index contributed by atoms with van der Waals surface area (Å²) in [6.07, 6.45) is 10.5. The molecule has 2 aliphatic rings. The van der Waals surface area contributed by atoms with Gasteiger partial charge >= 0.3 is 0 Å². The molecule has 2 heterocycles. The van der Waals surface area contributed by atoms with Gasteiger partial charge in [0.2, 0.25) is 5.91 Å². The van der Waals surface area contributed by atoms with Crippen molar-refractivity contribution >= 4 is 22.4 Å². The highest BCUT2D eigenvalue weighted by Gasteiger charge is 2.23. The van der Waals surface area contributed by atoms with E-state index in [9.17, 15) is 4.79 Å². The molecule has 1 aromatic heterocycles.